The van der Waals surface area contributed by atoms with Gasteiger partial charge in [-0.3, -0.25) is 9.78 Å². The van der Waals surface area contributed by atoms with Crippen LogP contribution in [-0.4, -0.2) is 23.5 Å². The average molecular weight is 247 g/mol. The highest BCUT2D eigenvalue weighted by atomic mass is 16.1. The maximum atomic E-state index is 11.7. The number of carbonyl (C=O) groups is 1. The van der Waals surface area contributed by atoms with Crippen LogP contribution in [0.15, 0.2) is 18.3 Å². The Bertz CT molecular complexity index is 400. The van der Waals surface area contributed by atoms with Crippen LogP contribution < -0.4 is 10.6 Å². The molecule has 1 aliphatic carbocycles. The van der Waals surface area contributed by atoms with Gasteiger partial charge in [-0.05, 0) is 31.4 Å². The lowest BCUT2D eigenvalue weighted by atomic mass is 10.2. The minimum atomic E-state index is 0.0930. The molecule has 1 saturated carbocycles. The Kier molecular flexibility index (Phi) is 4.70. The first-order valence-electron chi connectivity index (χ1n) is 6.66. The Morgan fingerprint density at radius 3 is 2.94 bits per heavy atom. The lowest BCUT2D eigenvalue weighted by Gasteiger charge is -2.12. The lowest BCUT2D eigenvalue weighted by Crippen LogP contribution is -2.39. The van der Waals surface area contributed by atoms with E-state index in [-0.39, 0.29) is 5.91 Å². The van der Waals surface area contributed by atoms with Gasteiger partial charge in [-0.25, -0.2) is 0 Å². The van der Waals surface area contributed by atoms with Gasteiger partial charge in [0.1, 0.15) is 0 Å². The fourth-order valence-electron chi connectivity index (χ4n) is 2.35. The van der Waals surface area contributed by atoms with Crippen molar-refractivity contribution in [2.45, 2.75) is 45.2 Å². The molecule has 0 spiro atoms. The van der Waals surface area contributed by atoms with E-state index in [1.165, 1.54) is 12.8 Å². The van der Waals surface area contributed by atoms with Gasteiger partial charge in [0.25, 0.3) is 0 Å². The van der Waals surface area contributed by atoms with Crippen LogP contribution in [0.2, 0.25) is 0 Å². The van der Waals surface area contributed by atoms with E-state index in [1.54, 1.807) is 6.20 Å². The summed E-state index contributed by atoms with van der Waals surface area (Å²) in [5.41, 5.74) is 2.16. The molecule has 0 aromatic carbocycles. The Hall–Kier alpha value is -1.42. The van der Waals surface area contributed by atoms with E-state index in [4.69, 9.17) is 0 Å². The van der Waals surface area contributed by atoms with Crippen LogP contribution in [0.25, 0.3) is 0 Å². The van der Waals surface area contributed by atoms with E-state index in [0.29, 0.717) is 19.1 Å². The molecule has 1 aromatic rings. The van der Waals surface area contributed by atoms with Crippen molar-refractivity contribution in [2.75, 3.05) is 6.54 Å². The molecule has 4 heteroatoms. The highest BCUT2D eigenvalue weighted by Gasteiger charge is 2.16. The molecule has 1 aromatic heterocycles. The minimum absolute atomic E-state index is 0.0930. The largest absolute Gasteiger partial charge is 0.352 e. The van der Waals surface area contributed by atoms with Crippen molar-refractivity contribution in [2.24, 2.45) is 0 Å². The van der Waals surface area contributed by atoms with Crippen LogP contribution in [0.5, 0.6) is 0 Å². The fraction of sp³-hybridized carbons (Fsp3) is 0.571. The molecule has 1 fully saturated rings. The number of hydrogen-bond donors (Lipinski definition) is 2. The predicted octanol–water partition coefficient (Wildman–Crippen LogP) is 1.54. The van der Waals surface area contributed by atoms with Crippen LogP contribution in [-0.2, 0) is 11.3 Å². The Morgan fingerprint density at radius 1 is 1.44 bits per heavy atom. The van der Waals surface area contributed by atoms with E-state index < -0.39 is 0 Å². The van der Waals surface area contributed by atoms with Crippen molar-refractivity contribution in [3.05, 3.63) is 29.6 Å². The molecule has 1 amide bonds. The SMILES string of the molecule is Cc1cccnc1CNCC(=O)NC1CCCC1. The zero-order chi connectivity index (χ0) is 12.8. The van der Waals surface area contributed by atoms with Crippen LogP contribution >= 0.6 is 0 Å². The fourth-order valence-corrected chi connectivity index (χ4v) is 2.35. The molecule has 98 valence electrons. The van der Waals surface area contributed by atoms with Crippen LogP contribution in [0.4, 0.5) is 0 Å². The number of amides is 1. The summed E-state index contributed by atoms with van der Waals surface area (Å²) in [7, 11) is 0. The number of nitrogens with zero attached hydrogens (tertiary/aromatic N) is 1. The topological polar surface area (TPSA) is 54.0 Å². The van der Waals surface area contributed by atoms with Gasteiger partial charge in [0.15, 0.2) is 0 Å². The van der Waals surface area contributed by atoms with Crippen LogP contribution in [0, 0.1) is 6.92 Å². The van der Waals surface area contributed by atoms with E-state index in [2.05, 4.69) is 15.6 Å². The van der Waals surface area contributed by atoms with Crippen molar-refractivity contribution in [3.8, 4) is 0 Å². The third-order valence-electron chi connectivity index (χ3n) is 3.42. The molecule has 0 atom stereocenters. The number of nitrogens with one attached hydrogen (secondary N) is 2. The third-order valence-corrected chi connectivity index (χ3v) is 3.42. The van der Waals surface area contributed by atoms with Gasteiger partial charge in [-0.2, -0.15) is 0 Å². The molecular weight excluding hydrogens is 226 g/mol. The van der Waals surface area contributed by atoms with E-state index in [0.717, 1.165) is 24.1 Å². The van der Waals surface area contributed by atoms with Crippen LogP contribution in [0.1, 0.15) is 36.9 Å². The molecule has 4 nitrogen and oxygen atoms in total. The zero-order valence-electron chi connectivity index (χ0n) is 10.9. The monoisotopic (exact) mass is 247 g/mol. The van der Waals surface area contributed by atoms with Gasteiger partial charge in [-0.15, -0.1) is 0 Å². The number of hydrogen-bond acceptors (Lipinski definition) is 3. The van der Waals surface area contributed by atoms with Gasteiger partial charge in [0.05, 0.1) is 12.2 Å². The molecule has 0 radical (unpaired) electrons. The molecule has 0 unspecified atom stereocenters. The summed E-state index contributed by atoms with van der Waals surface area (Å²) in [6.45, 7) is 3.04. The number of carbonyl (C=O) groups excluding carboxylic acids is 1. The number of pyridine rings is 1. The van der Waals surface area contributed by atoms with Crippen LogP contribution in [0.3, 0.4) is 0 Å². The van der Waals surface area contributed by atoms with Crippen molar-refractivity contribution in [1.29, 1.82) is 0 Å². The van der Waals surface area contributed by atoms with Gasteiger partial charge in [0, 0.05) is 18.8 Å². The van der Waals surface area contributed by atoms with Gasteiger partial charge in [0.2, 0.25) is 5.91 Å². The minimum Gasteiger partial charge on any atom is -0.352 e. The highest BCUT2D eigenvalue weighted by molar-refractivity contribution is 5.78. The smallest absolute Gasteiger partial charge is 0.234 e. The van der Waals surface area contributed by atoms with Gasteiger partial charge < -0.3 is 10.6 Å². The van der Waals surface area contributed by atoms with Crippen molar-refractivity contribution in [3.63, 3.8) is 0 Å². The second-order valence-corrected chi connectivity index (χ2v) is 4.92. The summed E-state index contributed by atoms with van der Waals surface area (Å²) in [6.07, 6.45) is 6.52. The molecule has 18 heavy (non-hydrogen) atoms. The Labute approximate surface area is 108 Å². The second kappa shape index (κ2) is 6.50. The maximum Gasteiger partial charge on any atom is 0.234 e. The van der Waals surface area contributed by atoms with Gasteiger partial charge >= 0.3 is 0 Å². The summed E-state index contributed by atoms with van der Waals surface area (Å²) >= 11 is 0. The summed E-state index contributed by atoms with van der Waals surface area (Å²) in [6, 6.07) is 4.35. The van der Waals surface area contributed by atoms with Crippen molar-refractivity contribution >= 4 is 5.91 Å². The average Bonchev–Trinajstić information content (AvgIpc) is 2.84. The second-order valence-electron chi connectivity index (χ2n) is 4.92. The quantitative estimate of drug-likeness (QED) is 0.830. The van der Waals surface area contributed by atoms with E-state index >= 15 is 0 Å². The molecule has 0 saturated heterocycles. The standard InChI is InChI=1S/C14H21N3O/c1-11-5-4-8-16-13(11)9-15-10-14(18)17-12-6-2-3-7-12/h4-5,8,12,15H,2-3,6-7,9-10H2,1H3,(H,17,18). The summed E-state index contributed by atoms with van der Waals surface area (Å²) in [4.78, 5) is 16.0. The summed E-state index contributed by atoms with van der Waals surface area (Å²) < 4.78 is 0. The Balaban J connectivity index is 1.68. The number of rotatable bonds is 5. The summed E-state index contributed by atoms with van der Waals surface area (Å²) in [5.74, 6) is 0.0930. The lowest BCUT2D eigenvalue weighted by molar-refractivity contribution is -0.120. The van der Waals surface area contributed by atoms with Crippen molar-refractivity contribution in [1.82, 2.24) is 15.6 Å². The number of aryl methyl sites for hydroxylation is 1. The first kappa shape index (κ1) is 13.0. The predicted molar refractivity (Wildman–Crippen MR) is 71.1 cm³/mol. The molecular formula is C14H21N3O. The molecule has 0 aliphatic heterocycles. The first-order valence-corrected chi connectivity index (χ1v) is 6.66. The Morgan fingerprint density at radius 2 is 2.22 bits per heavy atom. The normalized spacial score (nSPS) is 15.8. The van der Waals surface area contributed by atoms with Gasteiger partial charge in [-0.1, -0.05) is 18.9 Å². The zero-order valence-corrected chi connectivity index (χ0v) is 10.9. The van der Waals surface area contributed by atoms with Crippen molar-refractivity contribution < 1.29 is 4.79 Å². The molecule has 2 rings (SSSR count). The molecule has 1 aliphatic rings. The van der Waals surface area contributed by atoms with E-state index in [1.807, 2.05) is 19.1 Å². The highest BCUT2D eigenvalue weighted by Crippen LogP contribution is 2.17. The molecule has 2 N–H and O–H groups in total. The summed E-state index contributed by atoms with van der Waals surface area (Å²) in [5, 5.41) is 6.20. The molecule has 1 heterocycles. The molecule has 0 bridgehead atoms. The van der Waals surface area contributed by atoms with E-state index in [9.17, 15) is 4.79 Å². The number of aromatic nitrogens is 1. The third kappa shape index (κ3) is 3.81. The first-order chi connectivity index (χ1) is 8.75. The maximum absolute atomic E-state index is 11.7.